The summed E-state index contributed by atoms with van der Waals surface area (Å²) in [6, 6.07) is 8.68. The molecule has 1 amide bonds. The van der Waals surface area contributed by atoms with Gasteiger partial charge < -0.3 is 10.4 Å². The van der Waals surface area contributed by atoms with E-state index in [0.717, 1.165) is 12.1 Å². The summed E-state index contributed by atoms with van der Waals surface area (Å²) < 4.78 is 51.7. The number of fused-ring (bicyclic) bond motifs is 1. The molecule has 28 heavy (non-hydrogen) atoms. The molecule has 0 aliphatic rings. The standard InChI is InChI=1S/C19H16F4N2O2S/c20-13-4-1-11(2-5-13)15(26)10-24-17(27)7-8-18-25-14-9-12(19(21,22)23)3-6-16(14)28-18/h1-6,9,15,26H,7-8,10H2,(H,24,27). The molecule has 0 aliphatic heterocycles. The number of rotatable bonds is 6. The van der Waals surface area contributed by atoms with Gasteiger partial charge in [0.05, 0.1) is 26.9 Å². The summed E-state index contributed by atoms with van der Waals surface area (Å²) in [7, 11) is 0. The monoisotopic (exact) mass is 412 g/mol. The van der Waals surface area contributed by atoms with E-state index in [-0.39, 0.29) is 30.8 Å². The van der Waals surface area contributed by atoms with Crippen molar-refractivity contribution in [2.45, 2.75) is 25.1 Å². The molecule has 0 saturated carbocycles. The van der Waals surface area contributed by atoms with Crippen LogP contribution in [0.15, 0.2) is 42.5 Å². The summed E-state index contributed by atoms with van der Waals surface area (Å²) in [6.45, 7) is -0.0285. The van der Waals surface area contributed by atoms with Crippen LogP contribution in [-0.2, 0) is 17.4 Å². The van der Waals surface area contributed by atoms with Gasteiger partial charge in [0, 0.05) is 19.4 Å². The number of aliphatic hydroxyl groups excluding tert-OH is 1. The van der Waals surface area contributed by atoms with Crippen LogP contribution in [0.4, 0.5) is 17.6 Å². The minimum absolute atomic E-state index is 0.0285. The van der Waals surface area contributed by atoms with Crippen LogP contribution in [0.1, 0.15) is 28.7 Å². The van der Waals surface area contributed by atoms with Gasteiger partial charge in [-0.25, -0.2) is 9.37 Å². The Hall–Kier alpha value is -2.52. The molecule has 9 heteroatoms. The van der Waals surface area contributed by atoms with Gasteiger partial charge in [-0.1, -0.05) is 12.1 Å². The molecule has 1 aromatic heterocycles. The van der Waals surface area contributed by atoms with Crippen LogP contribution in [-0.4, -0.2) is 22.5 Å². The summed E-state index contributed by atoms with van der Waals surface area (Å²) in [4.78, 5) is 16.1. The number of nitrogens with zero attached hydrogens (tertiary/aromatic N) is 1. The lowest BCUT2D eigenvalue weighted by molar-refractivity contribution is -0.137. The topological polar surface area (TPSA) is 62.2 Å². The van der Waals surface area contributed by atoms with E-state index < -0.39 is 23.7 Å². The highest BCUT2D eigenvalue weighted by atomic mass is 32.1. The molecule has 4 nitrogen and oxygen atoms in total. The van der Waals surface area contributed by atoms with Crippen molar-refractivity contribution in [3.63, 3.8) is 0 Å². The second-order valence-corrected chi connectivity index (χ2v) is 7.27. The molecular weight excluding hydrogens is 396 g/mol. The number of alkyl halides is 3. The summed E-state index contributed by atoms with van der Waals surface area (Å²) in [5.74, 6) is -0.741. The molecule has 2 N–H and O–H groups in total. The fourth-order valence-electron chi connectivity index (χ4n) is 2.58. The zero-order valence-electron chi connectivity index (χ0n) is 14.5. The molecule has 0 radical (unpaired) electrons. The first-order valence-electron chi connectivity index (χ1n) is 8.39. The Labute approximate surface area is 161 Å². The molecule has 0 fully saturated rings. The number of hydrogen-bond acceptors (Lipinski definition) is 4. The van der Waals surface area contributed by atoms with Crippen molar-refractivity contribution in [3.8, 4) is 0 Å². The van der Waals surface area contributed by atoms with Gasteiger partial charge >= 0.3 is 6.18 Å². The molecule has 2 aromatic carbocycles. The maximum atomic E-state index is 12.9. The fourth-order valence-corrected chi connectivity index (χ4v) is 3.53. The van der Waals surface area contributed by atoms with Gasteiger partial charge in [-0.15, -0.1) is 11.3 Å². The van der Waals surface area contributed by atoms with Gasteiger partial charge in [-0.2, -0.15) is 13.2 Å². The molecule has 3 aromatic rings. The molecule has 3 rings (SSSR count). The maximum absolute atomic E-state index is 12.9. The van der Waals surface area contributed by atoms with E-state index >= 15 is 0 Å². The molecule has 1 heterocycles. The smallest absolute Gasteiger partial charge is 0.387 e. The second-order valence-electron chi connectivity index (χ2n) is 6.16. The lowest BCUT2D eigenvalue weighted by Crippen LogP contribution is -2.28. The predicted octanol–water partition coefficient (Wildman–Crippen LogP) is 4.24. The van der Waals surface area contributed by atoms with Gasteiger partial charge in [0.25, 0.3) is 0 Å². The number of benzene rings is 2. The number of hydrogen-bond donors (Lipinski definition) is 2. The van der Waals surface area contributed by atoms with Gasteiger partial charge in [0.15, 0.2) is 0 Å². The number of carbonyl (C=O) groups is 1. The highest BCUT2D eigenvalue weighted by Gasteiger charge is 2.30. The lowest BCUT2D eigenvalue weighted by Gasteiger charge is -2.12. The number of aliphatic hydroxyl groups is 1. The van der Waals surface area contributed by atoms with E-state index in [9.17, 15) is 27.5 Å². The molecule has 148 valence electrons. The highest BCUT2D eigenvalue weighted by molar-refractivity contribution is 7.18. The number of amides is 1. The van der Waals surface area contributed by atoms with Crippen LogP contribution in [0.2, 0.25) is 0 Å². The number of halogens is 4. The summed E-state index contributed by atoms with van der Waals surface area (Å²) >= 11 is 1.24. The average Bonchev–Trinajstić information content (AvgIpc) is 3.06. The predicted molar refractivity (Wildman–Crippen MR) is 97.3 cm³/mol. The number of thiazole rings is 1. The molecular formula is C19H16F4N2O2S. The van der Waals surface area contributed by atoms with Crippen molar-refractivity contribution in [2.75, 3.05) is 6.54 Å². The quantitative estimate of drug-likeness (QED) is 0.596. The molecule has 1 atom stereocenters. The normalized spacial score (nSPS) is 12.9. The number of aryl methyl sites for hydroxylation is 1. The molecule has 0 spiro atoms. The summed E-state index contributed by atoms with van der Waals surface area (Å²) in [6.07, 6.45) is -5.03. The largest absolute Gasteiger partial charge is 0.416 e. The third kappa shape index (κ3) is 5.05. The molecule has 0 bridgehead atoms. The number of aromatic nitrogens is 1. The van der Waals surface area contributed by atoms with Crippen LogP contribution < -0.4 is 5.32 Å². The van der Waals surface area contributed by atoms with Crippen LogP contribution in [0.3, 0.4) is 0 Å². The van der Waals surface area contributed by atoms with Crippen LogP contribution in [0, 0.1) is 5.82 Å². The molecule has 0 saturated heterocycles. The van der Waals surface area contributed by atoms with Crippen molar-refractivity contribution < 1.29 is 27.5 Å². The Kier molecular flexibility index (Phi) is 5.95. The Morgan fingerprint density at radius 1 is 1.18 bits per heavy atom. The first-order valence-corrected chi connectivity index (χ1v) is 9.21. The van der Waals surface area contributed by atoms with E-state index in [1.54, 1.807) is 0 Å². The van der Waals surface area contributed by atoms with Crippen molar-refractivity contribution in [1.82, 2.24) is 10.3 Å². The van der Waals surface area contributed by atoms with Gasteiger partial charge in [-0.05, 0) is 35.9 Å². The first-order chi connectivity index (χ1) is 13.2. The molecule has 0 aliphatic carbocycles. The Morgan fingerprint density at radius 3 is 2.57 bits per heavy atom. The van der Waals surface area contributed by atoms with Gasteiger partial charge in [0.2, 0.25) is 5.91 Å². The third-order valence-electron chi connectivity index (χ3n) is 4.07. The highest BCUT2D eigenvalue weighted by Crippen LogP contribution is 2.33. The fraction of sp³-hybridized carbons (Fsp3) is 0.263. The third-order valence-corrected chi connectivity index (χ3v) is 5.17. The zero-order chi connectivity index (χ0) is 20.3. The first kappa shape index (κ1) is 20.2. The Morgan fingerprint density at radius 2 is 1.89 bits per heavy atom. The average molecular weight is 412 g/mol. The van der Waals surface area contributed by atoms with Crippen molar-refractivity contribution in [3.05, 3.63) is 64.4 Å². The Bertz CT molecular complexity index is 970. The van der Waals surface area contributed by atoms with E-state index in [4.69, 9.17) is 0 Å². The van der Waals surface area contributed by atoms with E-state index in [1.165, 1.54) is 41.7 Å². The SMILES string of the molecule is O=C(CCc1nc2cc(C(F)(F)F)ccc2s1)NCC(O)c1ccc(F)cc1. The van der Waals surface area contributed by atoms with Gasteiger partial charge in [-0.3, -0.25) is 4.79 Å². The minimum atomic E-state index is -4.43. The number of nitrogens with one attached hydrogen (secondary N) is 1. The van der Waals surface area contributed by atoms with E-state index in [1.807, 2.05) is 0 Å². The minimum Gasteiger partial charge on any atom is -0.387 e. The maximum Gasteiger partial charge on any atom is 0.416 e. The van der Waals surface area contributed by atoms with Crippen molar-refractivity contribution in [1.29, 1.82) is 0 Å². The lowest BCUT2D eigenvalue weighted by atomic mass is 10.1. The molecule has 1 unspecified atom stereocenters. The van der Waals surface area contributed by atoms with Crippen LogP contribution in [0.25, 0.3) is 10.2 Å². The van der Waals surface area contributed by atoms with Crippen molar-refractivity contribution in [2.24, 2.45) is 0 Å². The van der Waals surface area contributed by atoms with E-state index in [2.05, 4.69) is 10.3 Å². The van der Waals surface area contributed by atoms with Crippen LogP contribution in [0.5, 0.6) is 0 Å². The van der Waals surface area contributed by atoms with Crippen LogP contribution >= 0.6 is 11.3 Å². The second kappa shape index (κ2) is 8.24. The number of carbonyl (C=O) groups excluding carboxylic acids is 1. The van der Waals surface area contributed by atoms with E-state index in [0.29, 0.717) is 15.3 Å². The zero-order valence-corrected chi connectivity index (χ0v) is 15.3. The Balaban J connectivity index is 1.53. The summed E-state index contributed by atoms with van der Waals surface area (Å²) in [5.41, 5.74) is -0.0281. The van der Waals surface area contributed by atoms with Gasteiger partial charge in [0.1, 0.15) is 5.82 Å². The summed E-state index contributed by atoms with van der Waals surface area (Å²) in [5, 5.41) is 13.1. The van der Waals surface area contributed by atoms with Crippen molar-refractivity contribution >= 4 is 27.5 Å².